The fraction of sp³-hybridized carbons (Fsp3) is 0.889. The Morgan fingerprint density at radius 1 is 1.46 bits per heavy atom. The summed E-state index contributed by atoms with van der Waals surface area (Å²) in [5.41, 5.74) is 0. The second kappa shape index (κ2) is 9.87. The first kappa shape index (κ1) is 15.3. The van der Waals surface area contributed by atoms with Gasteiger partial charge in [0, 0.05) is 17.1 Å². The molecule has 1 atom stereocenters. The van der Waals surface area contributed by atoms with Gasteiger partial charge in [-0.25, -0.2) is 4.79 Å². The van der Waals surface area contributed by atoms with Crippen molar-refractivity contribution in [1.29, 1.82) is 0 Å². The smallest absolute Gasteiger partial charge is 0.450 e. The Morgan fingerprint density at radius 2 is 2.08 bits per heavy atom. The van der Waals surface area contributed by atoms with Crippen molar-refractivity contribution in [1.82, 2.24) is 0 Å². The molecule has 0 heterocycles. The second-order valence-corrected chi connectivity index (χ2v) is 2.99. The molecule has 0 aromatic rings. The predicted octanol–water partition coefficient (Wildman–Crippen LogP) is 2.89. The maximum Gasteiger partial charge on any atom is 0.505 e. The topological polar surface area (TPSA) is 46.5 Å². The van der Waals surface area contributed by atoms with Crippen molar-refractivity contribution >= 4 is 6.16 Å². The minimum atomic E-state index is -1.16. The summed E-state index contributed by atoms with van der Waals surface area (Å²) >= 11 is 0. The van der Waals surface area contributed by atoms with Crippen LogP contribution in [0.2, 0.25) is 0 Å². The second-order valence-electron chi connectivity index (χ2n) is 2.99. The summed E-state index contributed by atoms with van der Waals surface area (Å²) in [6.45, 7) is 4.54. The van der Waals surface area contributed by atoms with Gasteiger partial charge in [-0.15, -0.1) is 0 Å². The minimum Gasteiger partial charge on any atom is -0.450 e. The van der Waals surface area contributed by atoms with Gasteiger partial charge in [0.2, 0.25) is 0 Å². The molecular weight excluding hydrogens is 212 g/mol. The van der Waals surface area contributed by atoms with E-state index in [0.717, 1.165) is 25.7 Å². The van der Waals surface area contributed by atoms with Gasteiger partial charge in [0.1, 0.15) is 0 Å². The number of hydrogen-bond acceptors (Lipinski definition) is 2. The average molecular weight is 230 g/mol. The molecule has 80 valence electrons. The van der Waals surface area contributed by atoms with E-state index in [4.69, 9.17) is 5.11 Å². The summed E-state index contributed by atoms with van der Waals surface area (Å²) in [6, 6.07) is 0. The first-order chi connectivity index (χ1) is 5.70. The number of carbonyl (C=O) groups is 1. The van der Waals surface area contributed by atoms with Crippen LogP contribution in [0.25, 0.3) is 0 Å². The van der Waals surface area contributed by atoms with Gasteiger partial charge in [0.15, 0.2) is 0 Å². The summed E-state index contributed by atoms with van der Waals surface area (Å²) in [5, 5.41) is 8.26. The largest absolute Gasteiger partial charge is 0.505 e. The van der Waals surface area contributed by atoms with Crippen molar-refractivity contribution in [2.45, 2.75) is 39.5 Å². The third-order valence-corrected chi connectivity index (χ3v) is 1.99. The minimum absolute atomic E-state index is 0. The van der Waals surface area contributed by atoms with Gasteiger partial charge in [-0.2, -0.15) is 0 Å². The molecule has 4 heteroatoms. The van der Waals surface area contributed by atoms with Gasteiger partial charge in [0.25, 0.3) is 0 Å². The van der Waals surface area contributed by atoms with Crippen molar-refractivity contribution in [3.63, 3.8) is 0 Å². The standard InChI is InChI=1S/C9H18O3.Fe/c1-3-5-6-8(4-2)7-12-9(10)11;/h8H,3-7H2,1-2H3,(H,10,11);. The van der Waals surface area contributed by atoms with E-state index in [2.05, 4.69) is 18.6 Å². The molecule has 0 aromatic heterocycles. The molecule has 13 heavy (non-hydrogen) atoms. The number of unbranched alkanes of at least 4 members (excludes halogenated alkanes) is 1. The number of hydrogen-bond donors (Lipinski definition) is 1. The van der Waals surface area contributed by atoms with Crippen LogP contribution in [0.5, 0.6) is 0 Å². The normalized spacial score (nSPS) is 11.5. The fourth-order valence-electron chi connectivity index (χ4n) is 1.09. The van der Waals surface area contributed by atoms with E-state index < -0.39 is 6.16 Å². The molecule has 0 radical (unpaired) electrons. The summed E-state index contributed by atoms with van der Waals surface area (Å²) in [5.74, 6) is 0.404. The quantitative estimate of drug-likeness (QED) is 0.563. The van der Waals surface area contributed by atoms with Gasteiger partial charge >= 0.3 is 6.16 Å². The van der Waals surface area contributed by atoms with E-state index in [9.17, 15) is 4.79 Å². The van der Waals surface area contributed by atoms with Crippen molar-refractivity contribution in [2.75, 3.05) is 6.61 Å². The van der Waals surface area contributed by atoms with E-state index in [-0.39, 0.29) is 17.1 Å². The van der Waals surface area contributed by atoms with Crippen LogP contribution < -0.4 is 0 Å². The van der Waals surface area contributed by atoms with E-state index >= 15 is 0 Å². The van der Waals surface area contributed by atoms with E-state index in [1.165, 1.54) is 0 Å². The summed E-state index contributed by atoms with van der Waals surface area (Å²) < 4.78 is 4.51. The first-order valence-corrected chi connectivity index (χ1v) is 4.56. The first-order valence-electron chi connectivity index (χ1n) is 4.56. The SMILES string of the molecule is CCCCC(CC)COC(=O)O.[Fe]. The molecule has 0 spiro atoms. The molecule has 0 aliphatic heterocycles. The summed E-state index contributed by atoms with van der Waals surface area (Å²) in [7, 11) is 0. The van der Waals surface area contributed by atoms with Crippen LogP contribution in [0.1, 0.15) is 39.5 Å². The van der Waals surface area contributed by atoms with Crippen LogP contribution in [0, 0.1) is 5.92 Å². The van der Waals surface area contributed by atoms with E-state index in [1.54, 1.807) is 0 Å². The zero-order valence-corrected chi connectivity index (χ0v) is 9.33. The van der Waals surface area contributed by atoms with Gasteiger partial charge in [-0.1, -0.05) is 33.1 Å². The molecule has 0 aromatic carbocycles. The summed E-state index contributed by atoms with van der Waals surface area (Å²) in [4.78, 5) is 10.1. The Morgan fingerprint density at radius 3 is 2.46 bits per heavy atom. The Labute approximate surface area is 90.3 Å². The number of carboxylic acid groups (broad SMARTS) is 1. The maximum absolute atomic E-state index is 10.1. The Balaban J connectivity index is 0. The van der Waals surface area contributed by atoms with Crippen LogP contribution in [0.15, 0.2) is 0 Å². The van der Waals surface area contributed by atoms with Crippen LogP contribution in [-0.2, 0) is 21.8 Å². The fourth-order valence-corrected chi connectivity index (χ4v) is 1.09. The van der Waals surface area contributed by atoms with Crippen LogP contribution >= 0.6 is 0 Å². The molecule has 0 aliphatic carbocycles. The average Bonchev–Trinajstić information content (AvgIpc) is 2.05. The van der Waals surface area contributed by atoms with Gasteiger partial charge in [0.05, 0.1) is 6.61 Å². The van der Waals surface area contributed by atoms with E-state index in [1.807, 2.05) is 0 Å². The van der Waals surface area contributed by atoms with Crippen LogP contribution in [-0.4, -0.2) is 17.9 Å². The molecule has 3 nitrogen and oxygen atoms in total. The number of rotatable bonds is 6. The molecule has 1 unspecified atom stereocenters. The van der Waals surface area contributed by atoms with Crippen molar-refractivity contribution in [3.05, 3.63) is 0 Å². The van der Waals surface area contributed by atoms with Crippen molar-refractivity contribution in [2.24, 2.45) is 5.92 Å². The van der Waals surface area contributed by atoms with Crippen LogP contribution in [0.3, 0.4) is 0 Å². The third kappa shape index (κ3) is 9.71. The van der Waals surface area contributed by atoms with Crippen molar-refractivity contribution in [3.8, 4) is 0 Å². The molecule has 0 bridgehead atoms. The summed E-state index contributed by atoms with van der Waals surface area (Å²) in [6.07, 6.45) is 3.21. The Kier molecular flexibility index (Phi) is 11.6. The third-order valence-electron chi connectivity index (χ3n) is 1.99. The number of ether oxygens (including phenoxy) is 1. The molecular formula is C9H18FeO3. The molecule has 0 rings (SSSR count). The van der Waals surface area contributed by atoms with Gasteiger partial charge < -0.3 is 9.84 Å². The zero-order chi connectivity index (χ0) is 9.40. The monoisotopic (exact) mass is 230 g/mol. The van der Waals surface area contributed by atoms with E-state index in [0.29, 0.717) is 12.5 Å². The molecule has 0 fully saturated rings. The van der Waals surface area contributed by atoms with Gasteiger partial charge in [-0.3, -0.25) is 0 Å². The Bertz CT molecular complexity index is 128. The maximum atomic E-state index is 10.1. The van der Waals surface area contributed by atoms with Crippen LogP contribution in [0.4, 0.5) is 4.79 Å². The molecule has 0 aliphatic rings. The van der Waals surface area contributed by atoms with Gasteiger partial charge in [-0.05, 0) is 12.3 Å². The molecule has 0 saturated carbocycles. The zero-order valence-electron chi connectivity index (χ0n) is 8.23. The van der Waals surface area contributed by atoms with Crippen molar-refractivity contribution < 1.29 is 31.7 Å². The molecule has 0 saturated heterocycles. The molecule has 1 N–H and O–H groups in total. The molecule has 0 amide bonds. The predicted molar refractivity (Wildman–Crippen MR) is 47.3 cm³/mol. The Hall–Kier alpha value is -0.211.